The number of hydrogen-bond donors (Lipinski definition) is 1. The quantitative estimate of drug-likeness (QED) is 0.708. The van der Waals surface area contributed by atoms with Crippen LogP contribution in [-0.4, -0.2) is 43.4 Å². The third kappa shape index (κ3) is 6.33. The first-order valence-corrected chi connectivity index (χ1v) is 9.55. The third-order valence-corrected chi connectivity index (χ3v) is 5.10. The molecular weight excluding hydrogens is 427 g/mol. The Labute approximate surface area is 178 Å². The molecule has 0 spiro atoms. The molecule has 3 rings (SSSR count). The molecule has 168 valence electrons. The van der Waals surface area contributed by atoms with Crippen LogP contribution >= 0.6 is 12.4 Å². The van der Waals surface area contributed by atoms with E-state index in [4.69, 9.17) is 19.9 Å². The highest BCUT2D eigenvalue weighted by Crippen LogP contribution is 2.33. The van der Waals surface area contributed by atoms with E-state index in [2.05, 4.69) is 0 Å². The first kappa shape index (κ1) is 24.4. The van der Waals surface area contributed by atoms with Crippen LogP contribution < -0.4 is 5.73 Å². The van der Waals surface area contributed by atoms with E-state index in [1.54, 1.807) is 6.92 Å². The largest absolute Gasteiger partial charge is 0.458 e. The monoisotopic (exact) mass is 451 g/mol. The minimum atomic E-state index is -4.42. The van der Waals surface area contributed by atoms with E-state index < -0.39 is 41.9 Å². The Balaban J connectivity index is 0.00000320. The summed E-state index contributed by atoms with van der Waals surface area (Å²) >= 11 is 0. The minimum absolute atomic E-state index is 0. The lowest BCUT2D eigenvalue weighted by molar-refractivity contribution is -0.172. The molecule has 1 aromatic carbocycles. The summed E-state index contributed by atoms with van der Waals surface area (Å²) in [7, 11) is 0. The molecule has 1 heterocycles. The SMILES string of the molecule is C[C@@H]1OC(=O)[C@@H](N)COC[C@H](Cc2ccc(C(F)(F)F)cc2)[C@H]1OC(=O)C1CC1.Cl. The predicted octanol–water partition coefficient (Wildman–Crippen LogP) is 2.90. The van der Waals surface area contributed by atoms with Crippen LogP contribution in [0.5, 0.6) is 0 Å². The summed E-state index contributed by atoms with van der Waals surface area (Å²) in [4.78, 5) is 24.3. The van der Waals surface area contributed by atoms with Gasteiger partial charge < -0.3 is 19.9 Å². The number of cyclic esters (lactones) is 1. The van der Waals surface area contributed by atoms with E-state index in [1.165, 1.54) is 12.1 Å². The van der Waals surface area contributed by atoms with Gasteiger partial charge in [-0.3, -0.25) is 9.59 Å². The van der Waals surface area contributed by atoms with E-state index in [-0.39, 0.29) is 43.9 Å². The molecule has 0 amide bonds. The number of halogens is 4. The molecule has 30 heavy (non-hydrogen) atoms. The minimum Gasteiger partial charge on any atom is -0.458 e. The van der Waals surface area contributed by atoms with E-state index in [0.29, 0.717) is 5.56 Å². The summed E-state index contributed by atoms with van der Waals surface area (Å²) in [6.45, 7) is 1.68. The van der Waals surface area contributed by atoms with Crippen molar-refractivity contribution in [3.8, 4) is 0 Å². The lowest BCUT2D eigenvalue weighted by Crippen LogP contribution is -2.43. The van der Waals surface area contributed by atoms with Gasteiger partial charge in [0.25, 0.3) is 0 Å². The third-order valence-electron chi connectivity index (χ3n) is 5.10. The molecule has 6 nitrogen and oxygen atoms in total. The number of benzene rings is 1. The van der Waals surface area contributed by atoms with Crippen LogP contribution in [0.3, 0.4) is 0 Å². The first-order chi connectivity index (χ1) is 13.6. The molecule has 1 saturated heterocycles. The molecule has 1 saturated carbocycles. The highest BCUT2D eigenvalue weighted by molar-refractivity contribution is 5.85. The average Bonchev–Trinajstić information content (AvgIpc) is 3.49. The lowest BCUT2D eigenvalue weighted by atomic mass is 9.91. The number of carbonyl (C=O) groups is 2. The van der Waals surface area contributed by atoms with Gasteiger partial charge in [0.05, 0.1) is 24.7 Å². The summed E-state index contributed by atoms with van der Waals surface area (Å²) in [5.74, 6) is -1.58. The fourth-order valence-corrected chi connectivity index (χ4v) is 3.28. The van der Waals surface area contributed by atoms with Crippen molar-refractivity contribution in [1.29, 1.82) is 0 Å². The second-order valence-electron chi connectivity index (χ2n) is 7.62. The predicted molar refractivity (Wildman–Crippen MR) is 103 cm³/mol. The second-order valence-corrected chi connectivity index (χ2v) is 7.62. The number of alkyl halides is 3. The number of nitrogens with two attached hydrogens (primary N) is 1. The number of ether oxygens (including phenoxy) is 3. The maximum Gasteiger partial charge on any atom is 0.416 e. The summed E-state index contributed by atoms with van der Waals surface area (Å²) in [5, 5.41) is 0. The van der Waals surface area contributed by atoms with E-state index in [9.17, 15) is 22.8 Å². The van der Waals surface area contributed by atoms with Crippen molar-refractivity contribution in [2.45, 2.75) is 50.6 Å². The normalized spacial score (nSPS) is 27.7. The van der Waals surface area contributed by atoms with Crippen LogP contribution in [0.2, 0.25) is 0 Å². The second kappa shape index (κ2) is 9.98. The van der Waals surface area contributed by atoms with Gasteiger partial charge in [0.15, 0.2) is 0 Å². The van der Waals surface area contributed by atoms with Crippen molar-refractivity contribution in [3.63, 3.8) is 0 Å². The van der Waals surface area contributed by atoms with Crippen LogP contribution in [0.1, 0.15) is 30.9 Å². The molecule has 0 unspecified atom stereocenters. The zero-order valence-electron chi connectivity index (χ0n) is 16.4. The van der Waals surface area contributed by atoms with Gasteiger partial charge in [-0.25, -0.2) is 0 Å². The molecule has 0 radical (unpaired) electrons. The smallest absolute Gasteiger partial charge is 0.416 e. The Hall–Kier alpha value is -1.84. The van der Waals surface area contributed by atoms with Gasteiger partial charge in [0, 0.05) is 5.92 Å². The molecule has 2 aliphatic rings. The van der Waals surface area contributed by atoms with Gasteiger partial charge in [-0.05, 0) is 43.9 Å². The number of carbonyl (C=O) groups excluding carboxylic acids is 2. The molecule has 4 atom stereocenters. The Bertz CT molecular complexity index is 739. The van der Waals surface area contributed by atoms with Crippen molar-refractivity contribution in [2.24, 2.45) is 17.6 Å². The van der Waals surface area contributed by atoms with Crippen molar-refractivity contribution in [2.75, 3.05) is 13.2 Å². The summed E-state index contributed by atoms with van der Waals surface area (Å²) in [5.41, 5.74) is 5.61. The van der Waals surface area contributed by atoms with E-state index >= 15 is 0 Å². The van der Waals surface area contributed by atoms with Crippen molar-refractivity contribution < 1.29 is 37.0 Å². The van der Waals surface area contributed by atoms with Crippen molar-refractivity contribution in [1.82, 2.24) is 0 Å². The van der Waals surface area contributed by atoms with Gasteiger partial charge >= 0.3 is 18.1 Å². The van der Waals surface area contributed by atoms with Crippen LogP contribution in [0, 0.1) is 11.8 Å². The van der Waals surface area contributed by atoms with Crippen molar-refractivity contribution in [3.05, 3.63) is 35.4 Å². The maximum absolute atomic E-state index is 12.8. The molecule has 0 bridgehead atoms. The van der Waals surface area contributed by atoms with E-state index in [1.807, 2.05) is 0 Å². The molecule has 0 aromatic heterocycles. The van der Waals surface area contributed by atoms with Crippen LogP contribution in [0.4, 0.5) is 13.2 Å². The Morgan fingerprint density at radius 3 is 2.40 bits per heavy atom. The van der Waals surface area contributed by atoms with Crippen LogP contribution in [-0.2, 0) is 36.4 Å². The fourth-order valence-electron chi connectivity index (χ4n) is 3.28. The zero-order chi connectivity index (χ0) is 21.2. The van der Waals surface area contributed by atoms with Crippen LogP contribution in [0.15, 0.2) is 24.3 Å². The van der Waals surface area contributed by atoms with Gasteiger partial charge in [0.1, 0.15) is 18.2 Å². The summed E-state index contributed by atoms with van der Waals surface area (Å²) < 4.78 is 54.9. The topological polar surface area (TPSA) is 87.8 Å². The molecule has 1 aromatic rings. The average molecular weight is 452 g/mol. The van der Waals surface area contributed by atoms with Gasteiger partial charge in [-0.2, -0.15) is 13.2 Å². The van der Waals surface area contributed by atoms with Crippen molar-refractivity contribution >= 4 is 24.3 Å². The van der Waals surface area contributed by atoms with Gasteiger partial charge in [-0.15, -0.1) is 12.4 Å². The maximum atomic E-state index is 12.8. The Morgan fingerprint density at radius 2 is 1.83 bits per heavy atom. The fraction of sp³-hybridized carbons (Fsp3) is 0.600. The Kier molecular flexibility index (Phi) is 8.13. The van der Waals surface area contributed by atoms with Crippen LogP contribution in [0.25, 0.3) is 0 Å². The molecule has 10 heteroatoms. The van der Waals surface area contributed by atoms with Gasteiger partial charge in [-0.1, -0.05) is 12.1 Å². The number of rotatable bonds is 4. The first-order valence-electron chi connectivity index (χ1n) is 9.55. The standard InChI is InChI=1S/C20H24F3NO5.ClH/c1-11-17(29-18(25)13-4-5-13)14(9-27-10-16(24)19(26)28-11)8-12-2-6-15(7-3-12)20(21,22)23;/h2-3,6-7,11,13-14,16-17H,4-5,8-10,24H2,1H3;1H/t11-,14-,16-,17-;/m0./s1. The number of esters is 2. The highest BCUT2D eigenvalue weighted by Gasteiger charge is 2.40. The molecule has 2 N–H and O–H groups in total. The van der Waals surface area contributed by atoms with E-state index in [0.717, 1.165) is 25.0 Å². The molecule has 2 fully saturated rings. The molecule has 1 aliphatic heterocycles. The summed E-state index contributed by atoms with van der Waals surface area (Å²) in [6, 6.07) is 3.84. The number of hydrogen-bond acceptors (Lipinski definition) is 6. The lowest BCUT2D eigenvalue weighted by Gasteiger charge is -2.30. The Morgan fingerprint density at radius 1 is 1.20 bits per heavy atom. The molecular formula is C20H25ClF3NO5. The zero-order valence-corrected chi connectivity index (χ0v) is 17.2. The highest BCUT2D eigenvalue weighted by atomic mass is 35.5. The summed E-state index contributed by atoms with van der Waals surface area (Å²) in [6.07, 6.45) is -4.18. The molecule has 1 aliphatic carbocycles. The van der Waals surface area contributed by atoms with Gasteiger partial charge in [0.2, 0.25) is 0 Å².